The molecule has 1 unspecified atom stereocenters. The third-order valence-corrected chi connectivity index (χ3v) is 4.27. The minimum Gasteiger partial charge on any atom is -0.496 e. The Labute approximate surface area is 128 Å². The summed E-state index contributed by atoms with van der Waals surface area (Å²) in [5.41, 5.74) is 2.26. The average Bonchev–Trinajstić information content (AvgIpc) is 2.53. The van der Waals surface area contributed by atoms with Gasteiger partial charge >= 0.3 is 0 Å². The largest absolute Gasteiger partial charge is 0.496 e. The smallest absolute Gasteiger partial charge is 0.133 e. The maximum absolute atomic E-state index is 5.54. The molecule has 1 heterocycles. The molecule has 5 heteroatoms. The SMILES string of the molecule is COc1cc(OC)c(C2=CCNCC2CBr)c(OC)c1. The highest BCUT2D eigenvalue weighted by molar-refractivity contribution is 9.09. The Kier molecular flexibility index (Phi) is 5.31. The topological polar surface area (TPSA) is 39.7 Å². The van der Waals surface area contributed by atoms with E-state index in [1.807, 2.05) is 12.1 Å². The Bertz CT molecular complexity index is 477. The van der Waals surface area contributed by atoms with Crippen LogP contribution >= 0.6 is 15.9 Å². The van der Waals surface area contributed by atoms with Gasteiger partial charge in [-0.2, -0.15) is 0 Å². The highest BCUT2D eigenvalue weighted by Gasteiger charge is 2.24. The number of benzene rings is 1. The molecule has 20 heavy (non-hydrogen) atoms. The Balaban J connectivity index is 2.56. The van der Waals surface area contributed by atoms with E-state index in [0.29, 0.717) is 5.92 Å². The van der Waals surface area contributed by atoms with E-state index in [1.165, 1.54) is 5.57 Å². The summed E-state index contributed by atoms with van der Waals surface area (Å²) in [6.45, 7) is 1.80. The van der Waals surface area contributed by atoms with Gasteiger partial charge in [0.25, 0.3) is 0 Å². The van der Waals surface area contributed by atoms with Crippen LogP contribution in [0, 0.1) is 5.92 Å². The van der Waals surface area contributed by atoms with Crippen molar-refractivity contribution in [2.24, 2.45) is 5.92 Å². The van der Waals surface area contributed by atoms with Crippen LogP contribution in [0.3, 0.4) is 0 Å². The lowest BCUT2D eigenvalue weighted by Gasteiger charge is -2.26. The van der Waals surface area contributed by atoms with Gasteiger partial charge < -0.3 is 19.5 Å². The summed E-state index contributed by atoms with van der Waals surface area (Å²) in [4.78, 5) is 0. The lowest BCUT2D eigenvalue weighted by atomic mass is 9.90. The maximum Gasteiger partial charge on any atom is 0.133 e. The molecule has 0 amide bonds. The van der Waals surface area contributed by atoms with Crippen LogP contribution in [0.4, 0.5) is 0 Å². The quantitative estimate of drug-likeness (QED) is 0.836. The second-order valence-corrected chi connectivity index (χ2v) is 5.22. The molecule has 0 aromatic heterocycles. The van der Waals surface area contributed by atoms with E-state index in [-0.39, 0.29) is 0 Å². The van der Waals surface area contributed by atoms with E-state index in [4.69, 9.17) is 14.2 Å². The van der Waals surface area contributed by atoms with Crippen LogP contribution < -0.4 is 19.5 Å². The van der Waals surface area contributed by atoms with Gasteiger partial charge in [0.2, 0.25) is 0 Å². The van der Waals surface area contributed by atoms with Crippen LogP contribution in [0.1, 0.15) is 5.56 Å². The van der Waals surface area contributed by atoms with Crippen LogP contribution in [-0.2, 0) is 0 Å². The number of halogens is 1. The number of hydrogen-bond donors (Lipinski definition) is 1. The molecule has 0 radical (unpaired) electrons. The molecule has 0 saturated carbocycles. The van der Waals surface area contributed by atoms with Gasteiger partial charge in [0.1, 0.15) is 17.2 Å². The number of alkyl halides is 1. The highest BCUT2D eigenvalue weighted by atomic mass is 79.9. The summed E-state index contributed by atoms with van der Waals surface area (Å²) in [5, 5.41) is 4.26. The van der Waals surface area contributed by atoms with Crippen molar-refractivity contribution in [2.75, 3.05) is 39.7 Å². The number of hydrogen-bond acceptors (Lipinski definition) is 4. The molecule has 0 fully saturated rings. The zero-order valence-electron chi connectivity index (χ0n) is 12.0. The normalized spacial score (nSPS) is 18.4. The fourth-order valence-corrected chi connectivity index (χ4v) is 3.03. The standard InChI is InChI=1S/C15H20BrNO3/c1-18-11-6-13(19-2)15(14(7-11)20-3)12-4-5-17-9-10(12)8-16/h4,6-7,10,17H,5,8-9H2,1-3H3. The Hall–Kier alpha value is -1.20. The average molecular weight is 342 g/mol. The zero-order valence-corrected chi connectivity index (χ0v) is 13.6. The molecule has 1 aliphatic heterocycles. The first-order valence-electron chi connectivity index (χ1n) is 6.52. The van der Waals surface area contributed by atoms with Crippen molar-refractivity contribution in [3.05, 3.63) is 23.8 Å². The van der Waals surface area contributed by atoms with Crippen LogP contribution in [0.15, 0.2) is 18.2 Å². The van der Waals surface area contributed by atoms with Crippen LogP contribution in [0.5, 0.6) is 17.2 Å². The molecule has 1 atom stereocenters. The Morgan fingerprint density at radius 2 is 1.80 bits per heavy atom. The maximum atomic E-state index is 5.54. The van der Waals surface area contributed by atoms with Crippen molar-refractivity contribution in [3.8, 4) is 17.2 Å². The molecule has 0 aliphatic carbocycles. The molecule has 110 valence electrons. The fourth-order valence-electron chi connectivity index (χ4n) is 2.45. The lowest BCUT2D eigenvalue weighted by Crippen LogP contribution is -2.30. The molecule has 1 aromatic rings. The van der Waals surface area contributed by atoms with Crippen LogP contribution in [0.2, 0.25) is 0 Å². The minimum atomic E-state index is 0.389. The van der Waals surface area contributed by atoms with E-state index in [2.05, 4.69) is 27.3 Å². The molecule has 0 saturated heterocycles. The minimum absolute atomic E-state index is 0.389. The van der Waals surface area contributed by atoms with Gasteiger partial charge in [-0.3, -0.25) is 0 Å². The van der Waals surface area contributed by atoms with Crippen molar-refractivity contribution < 1.29 is 14.2 Å². The third-order valence-electron chi connectivity index (χ3n) is 3.49. The summed E-state index contributed by atoms with van der Waals surface area (Å²) < 4.78 is 16.4. The van der Waals surface area contributed by atoms with Gasteiger partial charge in [0, 0.05) is 36.5 Å². The van der Waals surface area contributed by atoms with E-state index in [9.17, 15) is 0 Å². The van der Waals surface area contributed by atoms with Crippen LogP contribution in [-0.4, -0.2) is 39.7 Å². The molecule has 1 N–H and O–H groups in total. The first-order chi connectivity index (χ1) is 9.74. The summed E-state index contributed by atoms with van der Waals surface area (Å²) in [7, 11) is 4.98. The summed E-state index contributed by atoms with van der Waals surface area (Å²) in [5.74, 6) is 2.67. The predicted molar refractivity (Wildman–Crippen MR) is 84.2 cm³/mol. The second kappa shape index (κ2) is 6.99. The monoisotopic (exact) mass is 341 g/mol. The van der Waals surface area contributed by atoms with Crippen LogP contribution in [0.25, 0.3) is 5.57 Å². The van der Waals surface area contributed by atoms with E-state index in [1.54, 1.807) is 21.3 Å². The van der Waals surface area contributed by atoms with Crippen molar-refractivity contribution in [2.45, 2.75) is 0 Å². The molecular formula is C15H20BrNO3. The molecule has 1 aromatic carbocycles. The second-order valence-electron chi connectivity index (χ2n) is 4.58. The van der Waals surface area contributed by atoms with E-state index < -0.39 is 0 Å². The van der Waals surface area contributed by atoms with E-state index >= 15 is 0 Å². The summed E-state index contributed by atoms with van der Waals surface area (Å²) in [6.07, 6.45) is 2.20. The number of methoxy groups -OCH3 is 3. The molecule has 0 bridgehead atoms. The van der Waals surface area contributed by atoms with Crippen molar-refractivity contribution in [1.82, 2.24) is 5.32 Å². The van der Waals surface area contributed by atoms with Crippen molar-refractivity contribution >= 4 is 21.5 Å². The summed E-state index contributed by atoms with van der Waals surface area (Å²) in [6, 6.07) is 3.79. The zero-order chi connectivity index (χ0) is 14.5. The van der Waals surface area contributed by atoms with Gasteiger partial charge in [-0.1, -0.05) is 22.0 Å². The van der Waals surface area contributed by atoms with Gasteiger partial charge in [0.05, 0.1) is 26.9 Å². The molecule has 4 nitrogen and oxygen atoms in total. The fraction of sp³-hybridized carbons (Fsp3) is 0.467. The number of ether oxygens (including phenoxy) is 3. The van der Waals surface area contributed by atoms with E-state index in [0.717, 1.165) is 41.2 Å². The molecule has 1 aliphatic rings. The highest BCUT2D eigenvalue weighted by Crippen LogP contribution is 2.42. The van der Waals surface area contributed by atoms with Crippen molar-refractivity contribution in [3.63, 3.8) is 0 Å². The Morgan fingerprint density at radius 1 is 1.15 bits per heavy atom. The van der Waals surface area contributed by atoms with Gasteiger partial charge in [-0.25, -0.2) is 0 Å². The van der Waals surface area contributed by atoms with Gasteiger partial charge in [0.15, 0.2) is 0 Å². The molecular weight excluding hydrogens is 322 g/mol. The molecule has 0 spiro atoms. The Morgan fingerprint density at radius 3 is 2.30 bits per heavy atom. The third kappa shape index (κ3) is 2.94. The van der Waals surface area contributed by atoms with Gasteiger partial charge in [-0.05, 0) is 5.57 Å². The number of rotatable bonds is 5. The summed E-state index contributed by atoms with van der Waals surface area (Å²) >= 11 is 3.58. The number of nitrogens with one attached hydrogen (secondary N) is 1. The first-order valence-corrected chi connectivity index (χ1v) is 7.64. The molecule has 2 rings (SSSR count). The first kappa shape index (κ1) is 15.2. The lowest BCUT2D eigenvalue weighted by molar-refractivity contribution is 0.372. The van der Waals surface area contributed by atoms with Gasteiger partial charge in [-0.15, -0.1) is 0 Å². The predicted octanol–water partition coefficient (Wildman–Crippen LogP) is 2.71. The van der Waals surface area contributed by atoms with Crippen molar-refractivity contribution in [1.29, 1.82) is 0 Å².